The van der Waals surface area contributed by atoms with Gasteiger partial charge in [0.05, 0.1) is 24.8 Å². The Labute approximate surface area is 118 Å². The van der Waals surface area contributed by atoms with Crippen molar-refractivity contribution < 1.29 is 9.53 Å². The molecule has 1 amide bonds. The topological polar surface area (TPSA) is 41.6 Å². The molecule has 0 bridgehead atoms. The molecule has 1 N–H and O–H groups in total. The predicted octanol–water partition coefficient (Wildman–Crippen LogP) is 2.03. The number of nitrogens with zero attached hydrogens (tertiary/aromatic N) is 1. The lowest BCUT2D eigenvalue weighted by Crippen LogP contribution is -2.49. The van der Waals surface area contributed by atoms with Gasteiger partial charge in [-0.25, -0.2) is 0 Å². The Balaban J connectivity index is 1.81. The second-order valence-electron chi connectivity index (χ2n) is 5.26. The molecule has 1 fully saturated rings. The summed E-state index contributed by atoms with van der Waals surface area (Å²) in [6.45, 7) is 8.22. The molecule has 0 aromatic carbocycles. The van der Waals surface area contributed by atoms with E-state index in [4.69, 9.17) is 4.74 Å². The molecular formula is C14H22N2O2S. The molecule has 1 aliphatic rings. The van der Waals surface area contributed by atoms with E-state index in [-0.39, 0.29) is 24.2 Å². The van der Waals surface area contributed by atoms with E-state index in [0.29, 0.717) is 6.54 Å². The quantitative estimate of drug-likeness (QED) is 0.919. The van der Waals surface area contributed by atoms with Crippen molar-refractivity contribution in [2.24, 2.45) is 0 Å². The van der Waals surface area contributed by atoms with Crippen LogP contribution >= 0.6 is 11.3 Å². The maximum Gasteiger partial charge on any atom is 0.234 e. The van der Waals surface area contributed by atoms with Gasteiger partial charge in [0, 0.05) is 18.0 Å². The second kappa shape index (κ2) is 6.50. The van der Waals surface area contributed by atoms with Gasteiger partial charge in [-0.2, -0.15) is 0 Å². The molecule has 3 atom stereocenters. The third-order valence-corrected chi connectivity index (χ3v) is 4.26. The van der Waals surface area contributed by atoms with Crippen molar-refractivity contribution in [2.45, 2.75) is 39.0 Å². The summed E-state index contributed by atoms with van der Waals surface area (Å²) in [5, 5.41) is 5.08. The van der Waals surface area contributed by atoms with Crippen LogP contribution in [0.15, 0.2) is 17.5 Å². The fourth-order valence-corrected chi connectivity index (χ4v) is 3.25. The summed E-state index contributed by atoms with van der Waals surface area (Å²) in [4.78, 5) is 15.4. The largest absolute Gasteiger partial charge is 0.373 e. The third-order valence-electron chi connectivity index (χ3n) is 3.21. The van der Waals surface area contributed by atoms with Crippen LogP contribution in [0.25, 0.3) is 0 Å². The summed E-state index contributed by atoms with van der Waals surface area (Å²) in [7, 11) is 0. The Bertz CT molecular complexity index is 398. The third kappa shape index (κ3) is 4.30. The number of nitrogens with one attached hydrogen (secondary N) is 1. The summed E-state index contributed by atoms with van der Waals surface area (Å²) < 4.78 is 5.67. The lowest BCUT2D eigenvalue weighted by atomic mass is 10.2. The molecule has 4 nitrogen and oxygen atoms in total. The minimum atomic E-state index is 0.0854. The zero-order valence-corrected chi connectivity index (χ0v) is 12.6. The van der Waals surface area contributed by atoms with Gasteiger partial charge in [0.2, 0.25) is 5.91 Å². The van der Waals surface area contributed by atoms with Crippen LogP contribution in [-0.4, -0.2) is 42.6 Å². The number of rotatable bonds is 4. The van der Waals surface area contributed by atoms with Crippen molar-refractivity contribution >= 4 is 17.2 Å². The normalized spacial score (nSPS) is 26.1. The van der Waals surface area contributed by atoms with E-state index >= 15 is 0 Å². The zero-order valence-electron chi connectivity index (χ0n) is 11.8. The number of carbonyl (C=O) groups is 1. The van der Waals surface area contributed by atoms with E-state index in [0.717, 1.165) is 13.1 Å². The van der Waals surface area contributed by atoms with Crippen LogP contribution in [0, 0.1) is 0 Å². The standard InChI is InChI=1S/C14H22N2O2S/c1-10-7-16(8-11(2)18-10)9-14(17)15-12(3)13-5-4-6-19-13/h4-6,10-12H,7-9H2,1-3H3,(H,15,17). The summed E-state index contributed by atoms with van der Waals surface area (Å²) in [5.74, 6) is 0.0854. The molecule has 19 heavy (non-hydrogen) atoms. The highest BCUT2D eigenvalue weighted by atomic mass is 32.1. The van der Waals surface area contributed by atoms with Crippen LogP contribution in [0.2, 0.25) is 0 Å². The molecule has 0 radical (unpaired) electrons. The van der Waals surface area contributed by atoms with Crippen molar-refractivity contribution in [2.75, 3.05) is 19.6 Å². The number of hydrogen-bond donors (Lipinski definition) is 1. The van der Waals surface area contributed by atoms with Gasteiger partial charge in [-0.15, -0.1) is 11.3 Å². The van der Waals surface area contributed by atoms with Crippen LogP contribution in [0.1, 0.15) is 31.7 Å². The van der Waals surface area contributed by atoms with Crippen molar-refractivity contribution in [1.82, 2.24) is 10.2 Å². The first-order valence-corrected chi connectivity index (χ1v) is 7.63. The smallest absolute Gasteiger partial charge is 0.234 e. The first-order chi connectivity index (χ1) is 9.04. The highest BCUT2D eigenvalue weighted by molar-refractivity contribution is 7.10. The number of ether oxygens (including phenoxy) is 1. The molecule has 1 aromatic rings. The molecule has 3 unspecified atom stereocenters. The van der Waals surface area contributed by atoms with E-state index in [1.807, 2.05) is 18.4 Å². The van der Waals surface area contributed by atoms with Crippen LogP contribution in [-0.2, 0) is 9.53 Å². The first-order valence-electron chi connectivity index (χ1n) is 6.75. The minimum Gasteiger partial charge on any atom is -0.373 e. The predicted molar refractivity (Wildman–Crippen MR) is 77.3 cm³/mol. The van der Waals surface area contributed by atoms with Gasteiger partial charge in [0.1, 0.15) is 0 Å². The van der Waals surface area contributed by atoms with E-state index in [2.05, 4.69) is 30.1 Å². The van der Waals surface area contributed by atoms with Crippen molar-refractivity contribution in [3.05, 3.63) is 22.4 Å². The van der Waals surface area contributed by atoms with Crippen molar-refractivity contribution in [3.8, 4) is 0 Å². The number of amides is 1. The Morgan fingerprint density at radius 3 is 2.79 bits per heavy atom. The molecular weight excluding hydrogens is 260 g/mol. The van der Waals surface area contributed by atoms with Crippen LogP contribution < -0.4 is 5.32 Å². The van der Waals surface area contributed by atoms with Gasteiger partial charge >= 0.3 is 0 Å². The Morgan fingerprint density at radius 1 is 1.53 bits per heavy atom. The fourth-order valence-electron chi connectivity index (χ4n) is 2.51. The highest BCUT2D eigenvalue weighted by Gasteiger charge is 2.24. The number of thiophene rings is 1. The summed E-state index contributed by atoms with van der Waals surface area (Å²) in [5.41, 5.74) is 0. The number of morpholine rings is 1. The van der Waals surface area contributed by atoms with Crippen LogP contribution in [0.3, 0.4) is 0 Å². The molecule has 0 spiro atoms. The summed E-state index contributed by atoms with van der Waals surface area (Å²) in [6, 6.07) is 4.14. The van der Waals surface area contributed by atoms with Crippen LogP contribution in [0.5, 0.6) is 0 Å². The molecule has 2 heterocycles. The van der Waals surface area contributed by atoms with Gasteiger partial charge in [-0.05, 0) is 32.2 Å². The second-order valence-corrected chi connectivity index (χ2v) is 6.24. The maximum atomic E-state index is 12.0. The molecule has 2 rings (SSSR count). The Morgan fingerprint density at radius 2 is 2.21 bits per heavy atom. The molecule has 0 aliphatic carbocycles. The minimum absolute atomic E-state index is 0.0854. The lowest BCUT2D eigenvalue weighted by molar-refractivity contribution is -0.126. The number of hydrogen-bond acceptors (Lipinski definition) is 4. The number of carbonyl (C=O) groups excluding carboxylic acids is 1. The van der Waals surface area contributed by atoms with E-state index in [1.54, 1.807) is 11.3 Å². The SMILES string of the molecule is CC1CN(CC(=O)NC(C)c2cccs2)CC(C)O1. The summed E-state index contributed by atoms with van der Waals surface area (Å²) >= 11 is 1.67. The lowest BCUT2D eigenvalue weighted by Gasteiger charge is -2.34. The fraction of sp³-hybridized carbons (Fsp3) is 0.643. The van der Waals surface area contributed by atoms with Gasteiger partial charge in [0.25, 0.3) is 0 Å². The van der Waals surface area contributed by atoms with Gasteiger partial charge in [-0.3, -0.25) is 9.69 Å². The molecule has 1 aliphatic heterocycles. The Kier molecular flexibility index (Phi) is 4.96. The molecule has 1 saturated heterocycles. The zero-order chi connectivity index (χ0) is 13.8. The average Bonchev–Trinajstić information content (AvgIpc) is 2.80. The van der Waals surface area contributed by atoms with E-state index in [1.165, 1.54) is 4.88 Å². The van der Waals surface area contributed by atoms with E-state index in [9.17, 15) is 4.79 Å². The molecule has 106 valence electrons. The average molecular weight is 282 g/mol. The van der Waals surface area contributed by atoms with Crippen LogP contribution in [0.4, 0.5) is 0 Å². The van der Waals surface area contributed by atoms with E-state index < -0.39 is 0 Å². The maximum absolute atomic E-state index is 12.0. The highest BCUT2D eigenvalue weighted by Crippen LogP contribution is 2.18. The monoisotopic (exact) mass is 282 g/mol. The Hall–Kier alpha value is -0.910. The first kappa shape index (κ1) is 14.5. The van der Waals surface area contributed by atoms with Gasteiger partial charge < -0.3 is 10.1 Å². The van der Waals surface area contributed by atoms with Crippen molar-refractivity contribution in [1.29, 1.82) is 0 Å². The van der Waals surface area contributed by atoms with Gasteiger partial charge in [0.15, 0.2) is 0 Å². The van der Waals surface area contributed by atoms with Gasteiger partial charge in [-0.1, -0.05) is 6.07 Å². The molecule has 0 saturated carbocycles. The summed E-state index contributed by atoms with van der Waals surface area (Å²) in [6.07, 6.45) is 0.400. The molecule has 1 aromatic heterocycles. The molecule has 5 heteroatoms. The van der Waals surface area contributed by atoms with Crippen molar-refractivity contribution in [3.63, 3.8) is 0 Å².